The number of amides is 2. The van der Waals surface area contributed by atoms with Gasteiger partial charge in [0.05, 0.1) is 23.9 Å². The largest absolute Gasteiger partial charge is 0.398 e. The van der Waals surface area contributed by atoms with Crippen molar-refractivity contribution < 1.29 is 14.7 Å². The fourth-order valence-corrected chi connectivity index (χ4v) is 2.44. The first kappa shape index (κ1) is 19.1. The maximum atomic E-state index is 12.2. The van der Waals surface area contributed by atoms with Gasteiger partial charge in [0, 0.05) is 18.7 Å². The van der Waals surface area contributed by atoms with Gasteiger partial charge in [-0.25, -0.2) is 9.78 Å². The zero-order valence-corrected chi connectivity index (χ0v) is 14.5. The fraction of sp³-hybridized carbons (Fsp3) is 0.222. The summed E-state index contributed by atoms with van der Waals surface area (Å²) in [4.78, 5) is 27.7. The van der Waals surface area contributed by atoms with Crippen LogP contribution in [0, 0.1) is 5.41 Å². The lowest BCUT2D eigenvalue weighted by atomic mass is 10.0. The third-order valence-electron chi connectivity index (χ3n) is 3.77. The first-order valence-electron chi connectivity index (χ1n) is 7.96. The first-order chi connectivity index (χ1) is 12.3. The molecule has 136 valence electrons. The summed E-state index contributed by atoms with van der Waals surface area (Å²) in [5, 5.41) is 22.6. The van der Waals surface area contributed by atoms with Gasteiger partial charge in [0.15, 0.2) is 5.78 Å². The molecule has 0 saturated heterocycles. The van der Waals surface area contributed by atoms with Crippen molar-refractivity contribution in [2.45, 2.75) is 26.5 Å². The third kappa shape index (κ3) is 4.42. The van der Waals surface area contributed by atoms with Crippen LogP contribution in [0.5, 0.6) is 0 Å². The summed E-state index contributed by atoms with van der Waals surface area (Å²) >= 11 is 0. The summed E-state index contributed by atoms with van der Waals surface area (Å²) in [5.74, 6) is -0.382. The molecular weight excluding hydrogens is 334 g/mol. The number of aromatic nitrogens is 1. The van der Waals surface area contributed by atoms with Crippen LogP contribution in [-0.4, -0.2) is 27.6 Å². The van der Waals surface area contributed by atoms with Gasteiger partial charge in [0.1, 0.15) is 11.5 Å². The SMILES string of the molecule is CC(=O)C(=N)c1c(N)cc(NC(=O)NC(C)c2ccccc2)nc1CO. The second-order valence-corrected chi connectivity index (χ2v) is 5.74. The number of nitrogens with one attached hydrogen (secondary N) is 3. The van der Waals surface area contributed by atoms with Gasteiger partial charge in [-0.1, -0.05) is 30.3 Å². The summed E-state index contributed by atoms with van der Waals surface area (Å²) in [5.41, 5.74) is 6.69. The molecule has 8 heteroatoms. The van der Waals surface area contributed by atoms with Crippen LogP contribution in [-0.2, 0) is 11.4 Å². The van der Waals surface area contributed by atoms with Gasteiger partial charge < -0.3 is 16.2 Å². The van der Waals surface area contributed by atoms with Crippen LogP contribution in [0.4, 0.5) is 16.3 Å². The zero-order chi connectivity index (χ0) is 19.3. The first-order valence-corrected chi connectivity index (χ1v) is 7.96. The molecule has 2 rings (SSSR count). The van der Waals surface area contributed by atoms with Crippen molar-refractivity contribution in [3.05, 3.63) is 53.2 Å². The van der Waals surface area contributed by atoms with Crippen molar-refractivity contribution in [2.24, 2.45) is 0 Å². The van der Waals surface area contributed by atoms with Crippen LogP contribution in [0.2, 0.25) is 0 Å². The minimum atomic E-state index is -0.521. The average Bonchev–Trinajstić information content (AvgIpc) is 2.61. The Morgan fingerprint density at radius 3 is 2.54 bits per heavy atom. The summed E-state index contributed by atoms with van der Waals surface area (Å²) in [6.45, 7) is 2.55. The normalized spacial score (nSPS) is 11.5. The molecule has 0 aliphatic heterocycles. The maximum absolute atomic E-state index is 12.2. The number of benzene rings is 1. The van der Waals surface area contributed by atoms with Gasteiger partial charge in [-0.2, -0.15) is 0 Å². The lowest BCUT2D eigenvalue weighted by Crippen LogP contribution is -2.31. The zero-order valence-electron chi connectivity index (χ0n) is 14.5. The number of aliphatic hydroxyl groups excluding tert-OH is 1. The third-order valence-corrected chi connectivity index (χ3v) is 3.77. The predicted molar refractivity (Wildman–Crippen MR) is 99.1 cm³/mol. The summed E-state index contributed by atoms with van der Waals surface area (Å²) < 4.78 is 0. The molecule has 0 spiro atoms. The van der Waals surface area contributed by atoms with E-state index < -0.39 is 18.4 Å². The molecule has 0 aliphatic carbocycles. The molecule has 0 radical (unpaired) electrons. The molecule has 1 unspecified atom stereocenters. The Morgan fingerprint density at radius 1 is 1.31 bits per heavy atom. The van der Waals surface area contributed by atoms with E-state index in [4.69, 9.17) is 11.1 Å². The Kier molecular flexibility index (Phi) is 6.03. The average molecular weight is 355 g/mol. The monoisotopic (exact) mass is 355 g/mol. The second kappa shape index (κ2) is 8.21. The van der Waals surface area contributed by atoms with Gasteiger partial charge in [-0.15, -0.1) is 0 Å². The van der Waals surface area contributed by atoms with E-state index in [1.807, 2.05) is 37.3 Å². The number of anilines is 2. The van der Waals surface area contributed by atoms with Crippen LogP contribution < -0.4 is 16.4 Å². The minimum Gasteiger partial charge on any atom is -0.398 e. The smallest absolute Gasteiger partial charge is 0.320 e. The van der Waals surface area contributed by atoms with Crippen LogP contribution in [0.3, 0.4) is 0 Å². The van der Waals surface area contributed by atoms with Crippen molar-refractivity contribution in [2.75, 3.05) is 11.1 Å². The van der Waals surface area contributed by atoms with E-state index in [0.29, 0.717) is 0 Å². The van der Waals surface area contributed by atoms with E-state index in [2.05, 4.69) is 15.6 Å². The minimum absolute atomic E-state index is 0.0524. The number of hydrogen-bond acceptors (Lipinski definition) is 6. The summed E-state index contributed by atoms with van der Waals surface area (Å²) in [6, 6.07) is 10.1. The number of ketones is 1. The molecular formula is C18H21N5O3. The van der Waals surface area contributed by atoms with Gasteiger partial charge in [0.2, 0.25) is 0 Å². The molecule has 6 N–H and O–H groups in total. The highest BCUT2D eigenvalue weighted by molar-refractivity contribution is 6.45. The van der Waals surface area contributed by atoms with Crippen LogP contribution in [0.1, 0.15) is 36.7 Å². The molecule has 2 amide bonds. The highest BCUT2D eigenvalue weighted by Gasteiger charge is 2.19. The van der Waals surface area contributed by atoms with E-state index in [-0.39, 0.29) is 34.5 Å². The van der Waals surface area contributed by atoms with Crippen molar-refractivity contribution in [3.8, 4) is 0 Å². The molecule has 2 aromatic rings. The Morgan fingerprint density at radius 2 is 1.96 bits per heavy atom. The molecule has 1 atom stereocenters. The number of nitrogens with two attached hydrogens (primary N) is 1. The van der Waals surface area contributed by atoms with Gasteiger partial charge >= 0.3 is 6.03 Å². The number of Topliss-reactive ketones (excluding diaryl/α,β-unsaturated/α-hetero) is 1. The number of carbonyl (C=O) groups excluding carboxylic acids is 2. The second-order valence-electron chi connectivity index (χ2n) is 5.74. The van der Waals surface area contributed by atoms with E-state index in [1.165, 1.54) is 13.0 Å². The van der Waals surface area contributed by atoms with Crippen molar-refractivity contribution in [3.63, 3.8) is 0 Å². The van der Waals surface area contributed by atoms with Crippen molar-refractivity contribution >= 4 is 29.0 Å². The molecule has 0 fully saturated rings. The van der Waals surface area contributed by atoms with Gasteiger partial charge in [-0.05, 0) is 12.5 Å². The van der Waals surface area contributed by atoms with Gasteiger partial charge in [0.25, 0.3) is 0 Å². The van der Waals surface area contributed by atoms with Crippen molar-refractivity contribution in [1.29, 1.82) is 5.41 Å². The topological polar surface area (TPSA) is 141 Å². The quantitative estimate of drug-likeness (QED) is 0.504. The molecule has 1 heterocycles. The molecule has 0 bridgehead atoms. The number of nitrogen functional groups attached to an aromatic ring is 1. The molecule has 26 heavy (non-hydrogen) atoms. The standard InChI is InChI=1S/C18H21N5O3/c1-10(12-6-4-3-5-7-12)21-18(26)23-15-8-13(19)16(14(9-24)22-15)17(20)11(2)25/h3-8,10,20,24H,9H2,1-2H3,(H4,19,21,22,23,26). The number of rotatable bonds is 6. The van der Waals surface area contributed by atoms with E-state index in [0.717, 1.165) is 5.56 Å². The molecule has 8 nitrogen and oxygen atoms in total. The van der Waals surface area contributed by atoms with Crippen LogP contribution in [0.15, 0.2) is 36.4 Å². The summed E-state index contributed by atoms with van der Waals surface area (Å²) in [7, 11) is 0. The van der Waals surface area contributed by atoms with Crippen molar-refractivity contribution in [1.82, 2.24) is 10.3 Å². The number of urea groups is 1. The fourth-order valence-electron chi connectivity index (χ4n) is 2.44. The number of carbonyl (C=O) groups is 2. The highest BCUT2D eigenvalue weighted by Crippen LogP contribution is 2.21. The highest BCUT2D eigenvalue weighted by atomic mass is 16.3. The Hall–Kier alpha value is -3.26. The van der Waals surface area contributed by atoms with Crippen LogP contribution in [0.25, 0.3) is 0 Å². The lowest BCUT2D eigenvalue weighted by molar-refractivity contribution is -0.111. The summed E-state index contributed by atoms with van der Waals surface area (Å²) in [6.07, 6.45) is 0. The number of hydrogen-bond donors (Lipinski definition) is 5. The van der Waals surface area contributed by atoms with Crippen LogP contribution >= 0.6 is 0 Å². The molecule has 1 aromatic heterocycles. The molecule has 1 aromatic carbocycles. The molecule has 0 saturated carbocycles. The van der Waals surface area contributed by atoms with Gasteiger partial charge in [-0.3, -0.25) is 15.5 Å². The number of pyridine rings is 1. The Balaban J connectivity index is 2.16. The molecule has 0 aliphatic rings. The number of aliphatic hydroxyl groups is 1. The van der Waals surface area contributed by atoms with E-state index >= 15 is 0 Å². The Labute approximate surface area is 151 Å². The lowest BCUT2D eigenvalue weighted by Gasteiger charge is -2.16. The maximum Gasteiger partial charge on any atom is 0.320 e. The van der Waals surface area contributed by atoms with E-state index in [9.17, 15) is 14.7 Å². The number of nitrogens with zero attached hydrogens (tertiary/aromatic N) is 1. The Bertz CT molecular complexity index is 836. The van der Waals surface area contributed by atoms with E-state index in [1.54, 1.807) is 0 Å². The predicted octanol–water partition coefficient (Wildman–Crippen LogP) is 2.00.